The second kappa shape index (κ2) is 5.77. The van der Waals surface area contributed by atoms with Gasteiger partial charge in [-0.05, 0) is 25.9 Å². The third-order valence-electron chi connectivity index (χ3n) is 2.87. The number of hydrogen-bond acceptors (Lipinski definition) is 5. The summed E-state index contributed by atoms with van der Waals surface area (Å²) < 4.78 is 5.41. The van der Waals surface area contributed by atoms with Gasteiger partial charge in [0.2, 0.25) is 11.8 Å². The molecule has 0 atom stereocenters. The first-order chi connectivity index (χ1) is 8.24. The van der Waals surface area contributed by atoms with E-state index in [1.54, 1.807) is 0 Å². The van der Waals surface area contributed by atoms with Gasteiger partial charge >= 0.3 is 5.97 Å². The van der Waals surface area contributed by atoms with Gasteiger partial charge in [0, 0.05) is 6.42 Å². The number of aliphatic carboxylic acids is 1. The Kier molecular flexibility index (Phi) is 4.08. The zero-order valence-electron chi connectivity index (χ0n) is 9.76. The lowest BCUT2D eigenvalue weighted by Gasteiger charge is -2.24. The van der Waals surface area contributed by atoms with Crippen molar-refractivity contribution in [3.8, 4) is 0 Å². The van der Waals surface area contributed by atoms with Gasteiger partial charge in [0.05, 0.1) is 13.0 Å². The van der Waals surface area contributed by atoms with Gasteiger partial charge in [0.15, 0.2) is 0 Å². The molecule has 0 saturated carbocycles. The third-order valence-corrected chi connectivity index (χ3v) is 2.87. The minimum Gasteiger partial charge on any atom is -0.481 e. The number of piperidine rings is 1. The highest BCUT2D eigenvalue weighted by Gasteiger charge is 2.14. The van der Waals surface area contributed by atoms with Gasteiger partial charge < -0.3 is 9.52 Å². The van der Waals surface area contributed by atoms with E-state index in [0.29, 0.717) is 24.7 Å². The highest BCUT2D eigenvalue weighted by atomic mass is 16.4. The molecule has 6 heteroatoms. The minimum atomic E-state index is -0.846. The molecule has 94 valence electrons. The summed E-state index contributed by atoms with van der Waals surface area (Å²) in [4.78, 5) is 12.7. The molecular weight excluding hydrogens is 222 g/mol. The summed E-state index contributed by atoms with van der Waals surface area (Å²) in [6.07, 6.45) is 4.08. The van der Waals surface area contributed by atoms with E-state index in [1.165, 1.54) is 19.3 Å². The Morgan fingerprint density at radius 2 is 1.94 bits per heavy atom. The molecule has 1 saturated heterocycles. The molecule has 0 spiro atoms. The zero-order chi connectivity index (χ0) is 12.1. The Morgan fingerprint density at radius 1 is 1.24 bits per heavy atom. The number of carbonyl (C=O) groups is 1. The first-order valence-electron chi connectivity index (χ1n) is 5.99. The van der Waals surface area contributed by atoms with E-state index in [4.69, 9.17) is 9.52 Å². The van der Waals surface area contributed by atoms with Crippen molar-refractivity contribution in [1.29, 1.82) is 0 Å². The van der Waals surface area contributed by atoms with Crippen LogP contribution in [0.15, 0.2) is 4.42 Å². The first-order valence-corrected chi connectivity index (χ1v) is 5.99. The van der Waals surface area contributed by atoms with Crippen LogP contribution in [0.5, 0.6) is 0 Å². The summed E-state index contributed by atoms with van der Waals surface area (Å²) >= 11 is 0. The summed E-state index contributed by atoms with van der Waals surface area (Å²) in [5.41, 5.74) is 0. The molecule has 1 aliphatic rings. The van der Waals surface area contributed by atoms with Crippen molar-refractivity contribution in [2.45, 2.75) is 38.6 Å². The van der Waals surface area contributed by atoms with Crippen LogP contribution >= 0.6 is 0 Å². The average molecular weight is 239 g/mol. The highest BCUT2D eigenvalue weighted by molar-refractivity contribution is 5.66. The number of carboxylic acid groups (broad SMARTS) is 1. The fraction of sp³-hybridized carbons (Fsp3) is 0.727. The van der Waals surface area contributed by atoms with E-state index in [9.17, 15) is 4.79 Å². The minimum absolute atomic E-state index is 0.0331. The maximum absolute atomic E-state index is 10.4. The van der Waals surface area contributed by atoms with E-state index < -0.39 is 5.97 Å². The largest absolute Gasteiger partial charge is 0.481 e. The Balaban J connectivity index is 1.82. The molecule has 2 heterocycles. The lowest BCUT2D eigenvalue weighted by atomic mass is 10.1. The van der Waals surface area contributed by atoms with Crippen LogP contribution in [0.1, 0.15) is 37.5 Å². The number of carboxylic acids is 1. The lowest BCUT2D eigenvalue weighted by Crippen LogP contribution is -2.29. The number of aromatic nitrogens is 2. The van der Waals surface area contributed by atoms with Gasteiger partial charge in [-0.25, -0.2) is 0 Å². The van der Waals surface area contributed by atoms with Gasteiger partial charge in [-0.2, -0.15) is 0 Å². The van der Waals surface area contributed by atoms with E-state index in [-0.39, 0.29) is 6.42 Å². The quantitative estimate of drug-likeness (QED) is 0.828. The van der Waals surface area contributed by atoms with Crippen molar-refractivity contribution >= 4 is 5.97 Å². The number of hydrogen-bond donors (Lipinski definition) is 1. The molecule has 1 aromatic heterocycles. The van der Waals surface area contributed by atoms with Crippen LogP contribution in [0, 0.1) is 0 Å². The van der Waals surface area contributed by atoms with Crippen LogP contribution in [-0.2, 0) is 17.8 Å². The van der Waals surface area contributed by atoms with E-state index in [2.05, 4.69) is 15.1 Å². The standard InChI is InChI=1S/C11H17N3O3/c15-11(16)5-4-9-12-13-10(17-9)8-14-6-2-1-3-7-14/h1-8H2,(H,15,16). The molecule has 0 amide bonds. The van der Waals surface area contributed by atoms with Gasteiger partial charge in [0.1, 0.15) is 0 Å². The Morgan fingerprint density at radius 3 is 2.65 bits per heavy atom. The van der Waals surface area contributed by atoms with Gasteiger partial charge in [-0.15, -0.1) is 10.2 Å². The summed E-state index contributed by atoms with van der Waals surface area (Å²) in [6.45, 7) is 2.83. The maximum atomic E-state index is 10.4. The Bertz CT molecular complexity index is 372. The van der Waals surface area contributed by atoms with E-state index in [1.807, 2.05) is 0 Å². The summed E-state index contributed by atoms with van der Waals surface area (Å²) in [5, 5.41) is 16.3. The van der Waals surface area contributed by atoms with Crippen molar-refractivity contribution in [2.75, 3.05) is 13.1 Å². The number of nitrogens with zero attached hydrogens (tertiary/aromatic N) is 3. The molecule has 2 rings (SSSR count). The molecule has 0 unspecified atom stereocenters. The predicted molar refractivity (Wildman–Crippen MR) is 59.4 cm³/mol. The molecule has 0 aliphatic carbocycles. The number of aryl methyl sites for hydroxylation is 1. The molecule has 1 N–H and O–H groups in total. The molecule has 6 nitrogen and oxygen atoms in total. The highest BCUT2D eigenvalue weighted by Crippen LogP contribution is 2.12. The normalized spacial score (nSPS) is 17.2. The zero-order valence-corrected chi connectivity index (χ0v) is 9.76. The summed E-state index contributed by atoms with van der Waals surface area (Å²) in [6, 6.07) is 0. The molecular formula is C11H17N3O3. The molecule has 0 aromatic carbocycles. The van der Waals surface area contributed by atoms with Gasteiger partial charge in [-0.3, -0.25) is 9.69 Å². The second-order valence-electron chi connectivity index (χ2n) is 4.32. The van der Waals surface area contributed by atoms with E-state index >= 15 is 0 Å². The third kappa shape index (κ3) is 3.81. The van der Waals surface area contributed by atoms with E-state index in [0.717, 1.165) is 13.1 Å². The van der Waals surface area contributed by atoms with Crippen LogP contribution < -0.4 is 0 Å². The molecule has 17 heavy (non-hydrogen) atoms. The Hall–Kier alpha value is -1.43. The lowest BCUT2D eigenvalue weighted by molar-refractivity contribution is -0.137. The van der Waals surface area contributed by atoms with Crippen molar-refractivity contribution in [2.24, 2.45) is 0 Å². The number of rotatable bonds is 5. The molecule has 1 aliphatic heterocycles. The molecule has 1 aromatic rings. The van der Waals surface area contributed by atoms with Crippen LogP contribution in [0.25, 0.3) is 0 Å². The maximum Gasteiger partial charge on any atom is 0.303 e. The molecule has 0 radical (unpaired) electrons. The topological polar surface area (TPSA) is 79.5 Å². The van der Waals surface area contributed by atoms with Gasteiger partial charge in [0.25, 0.3) is 0 Å². The SMILES string of the molecule is O=C(O)CCc1nnc(CN2CCCCC2)o1. The number of likely N-dealkylation sites (tertiary alicyclic amines) is 1. The smallest absolute Gasteiger partial charge is 0.303 e. The monoisotopic (exact) mass is 239 g/mol. The summed E-state index contributed by atoms with van der Waals surface area (Å²) in [5.74, 6) is 0.160. The fourth-order valence-electron chi connectivity index (χ4n) is 1.98. The van der Waals surface area contributed by atoms with Crippen LogP contribution in [0.3, 0.4) is 0 Å². The summed E-state index contributed by atoms with van der Waals surface area (Å²) in [7, 11) is 0. The van der Waals surface area contributed by atoms with Crippen LogP contribution in [0.2, 0.25) is 0 Å². The van der Waals surface area contributed by atoms with Crippen molar-refractivity contribution < 1.29 is 14.3 Å². The van der Waals surface area contributed by atoms with Gasteiger partial charge in [-0.1, -0.05) is 6.42 Å². The molecule has 0 bridgehead atoms. The Labute approximate surface area is 99.6 Å². The van der Waals surface area contributed by atoms with Crippen molar-refractivity contribution in [1.82, 2.24) is 15.1 Å². The van der Waals surface area contributed by atoms with Crippen LogP contribution in [-0.4, -0.2) is 39.3 Å². The average Bonchev–Trinajstić information content (AvgIpc) is 2.75. The van der Waals surface area contributed by atoms with Crippen molar-refractivity contribution in [3.05, 3.63) is 11.8 Å². The molecule has 1 fully saturated rings. The predicted octanol–water partition coefficient (Wildman–Crippen LogP) is 1.07. The van der Waals surface area contributed by atoms with Crippen molar-refractivity contribution in [3.63, 3.8) is 0 Å². The second-order valence-corrected chi connectivity index (χ2v) is 4.32. The fourth-order valence-corrected chi connectivity index (χ4v) is 1.98. The first kappa shape index (κ1) is 12.0. The van der Waals surface area contributed by atoms with Crippen LogP contribution in [0.4, 0.5) is 0 Å².